The minimum absolute atomic E-state index is 0.599. The third kappa shape index (κ3) is 3.57. The summed E-state index contributed by atoms with van der Waals surface area (Å²) in [6.45, 7) is 5.67. The number of benzene rings is 1. The number of nitrogens with zero attached hydrogens (tertiary/aromatic N) is 2. The molecule has 0 aromatic heterocycles. The molecule has 0 radical (unpaired) electrons. The van der Waals surface area contributed by atoms with Gasteiger partial charge in [-0.05, 0) is 24.5 Å². The third-order valence-corrected chi connectivity index (χ3v) is 2.56. The highest BCUT2D eigenvalue weighted by Gasteiger charge is 2.02. The quantitative estimate of drug-likeness (QED) is 0.622. The van der Waals surface area contributed by atoms with Crippen LogP contribution in [0.4, 0.5) is 0 Å². The second-order valence-corrected chi connectivity index (χ2v) is 3.86. The van der Waals surface area contributed by atoms with Crippen LogP contribution in [0.25, 0.3) is 0 Å². The standard InChI is InChI=1S/C13H21N3/c1-4-11-6-8-12(9-7-11)10-16(3)13(14)15-5-2/h6-9H,4-5,10H2,1-3H3,(H2,14,15). The van der Waals surface area contributed by atoms with Crippen molar-refractivity contribution in [1.29, 1.82) is 0 Å². The monoisotopic (exact) mass is 219 g/mol. The molecule has 1 rings (SSSR count). The first kappa shape index (κ1) is 12.6. The summed E-state index contributed by atoms with van der Waals surface area (Å²) in [7, 11) is 1.96. The molecule has 0 heterocycles. The van der Waals surface area contributed by atoms with E-state index in [-0.39, 0.29) is 0 Å². The van der Waals surface area contributed by atoms with E-state index in [4.69, 9.17) is 5.73 Å². The molecule has 1 aromatic rings. The summed E-state index contributed by atoms with van der Waals surface area (Å²) in [5.41, 5.74) is 8.43. The molecule has 1 aromatic carbocycles. The van der Waals surface area contributed by atoms with E-state index in [0.717, 1.165) is 19.5 Å². The molecule has 0 saturated heterocycles. The summed E-state index contributed by atoms with van der Waals surface area (Å²) in [4.78, 5) is 6.14. The maximum atomic E-state index is 5.81. The molecule has 0 fully saturated rings. The summed E-state index contributed by atoms with van der Waals surface area (Å²) in [5.74, 6) is 0.599. The predicted molar refractivity (Wildman–Crippen MR) is 69.5 cm³/mol. The molecule has 0 amide bonds. The van der Waals surface area contributed by atoms with Gasteiger partial charge in [0.05, 0.1) is 0 Å². The Hall–Kier alpha value is -1.51. The third-order valence-electron chi connectivity index (χ3n) is 2.56. The van der Waals surface area contributed by atoms with Crippen LogP contribution in [0, 0.1) is 0 Å². The summed E-state index contributed by atoms with van der Waals surface area (Å²) < 4.78 is 0. The summed E-state index contributed by atoms with van der Waals surface area (Å²) >= 11 is 0. The molecule has 16 heavy (non-hydrogen) atoms. The van der Waals surface area contributed by atoms with Crippen LogP contribution >= 0.6 is 0 Å². The first-order chi connectivity index (χ1) is 7.67. The number of aryl methyl sites for hydroxylation is 1. The van der Waals surface area contributed by atoms with Gasteiger partial charge in [-0.15, -0.1) is 0 Å². The van der Waals surface area contributed by atoms with Crippen molar-refractivity contribution < 1.29 is 0 Å². The number of hydrogen-bond acceptors (Lipinski definition) is 1. The molecule has 88 valence electrons. The molecular weight excluding hydrogens is 198 g/mol. The number of aliphatic imine (C=N–C) groups is 1. The van der Waals surface area contributed by atoms with Crippen molar-refractivity contribution >= 4 is 5.96 Å². The zero-order chi connectivity index (χ0) is 12.0. The van der Waals surface area contributed by atoms with Crippen molar-refractivity contribution in [2.75, 3.05) is 13.6 Å². The van der Waals surface area contributed by atoms with Gasteiger partial charge in [0.1, 0.15) is 0 Å². The van der Waals surface area contributed by atoms with Crippen molar-refractivity contribution in [3.63, 3.8) is 0 Å². The van der Waals surface area contributed by atoms with Gasteiger partial charge in [0.25, 0.3) is 0 Å². The van der Waals surface area contributed by atoms with Crippen molar-refractivity contribution in [2.45, 2.75) is 26.8 Å². The van der Waals surface area contributed by atoms with E-state index in [1.807, 2.05) is 18.9 Å². The van der Waals surface area contributed by atoms with Crippen LogP contribution in [0.5, 0.6) is 0 Å². The van der Waals surface area contributed by atoms with E-state index in [0.29, 0.717) is 5.96 Å². The highest BCUT2D eigenvalue weighted by Crippen LogP contribution is 2.07. The smallest absolute Gasteiger partial charge is 0.191 e. The van der Waals surface area contributed by atoms with Gasteiger partial charge in [0.15, 0.2) is 5.96 Å². The molecule has 0 aliphatic carbocycles. The van der Waals surface area contributed by atoms with Crippen molar-refractivity contribution in [3.05, 3.63) is 35.4 Å². The number of hydrogen-bond donors (Lipinski definition) is 1. The molecule has 0 saturated carbocycles. The highest BCUT2D eigenvalue weighted by atomic mass is 15.2. The Labute approximate surface area is 98.0 Å². The molecule has 0 atom stereocenters. The number of rotatable bonds is 4. The summed E-state index contributed by atoms with van der Waals surface area (Å²) in [6.07, 6.45) is 1.08. The minimum Gasteiger partial charge on any atom is -0.370 e. The molecule has 3 heteroatoms. The van der Waals surface area contributed by atoms with Gasteiger partial charge < -0.3 is 10.6 Å². The lowest BCUT2D eigenvalue weighted by Crippen LogP contribution is -2.33. The summed E-state index contributed by atoms with van der Waals surface area (Å²) in [6, 6.07) is 8.62. The topological polar surface area (TPSA) is 41.6 Å². The molecule has 0 unspecified atom stereocenters. The Morgan fingerprint density at radius 1 is 1.19 bits per heavy atom. The number of nitrogens with two attached hydrogens (primary N) is 1. The van der Waals surface area contributed by atoms with E-state index < -0.39 is 0 Å². The predicted octanol–water partition coefficient (Wildman–Crippen LogP) is 2.02. The normalized spacial score (nSPS) is 11.6. The highest BCUT2D eigenvalue weighted by molar-refractivity contribution is 5.77. The van der Waals surface area contributed by atoms with Crippen LogP contribution in [-0.2, 0) is 13.0 Å². The van der Waals surface area contributed by atoms with Crippen LogP contribution in [0.2, 0.25) is 0 Å². The average Bonchev–Trinajstić information content (AvgIpc) is 2.30. The molecule has 0 spiro atoms. The van der Waals surface area contributed by atoms with Gasteiger partial charge in [0.2, 0.25) is 0 Å². The Balaban J connectivity index is 2.62. The molecule has 0 aliphatic heterocycles. The van der Waals surface area contributed by atoms with Crippen LogP contribution in [0.1, 0.15) is 25.0 Å². The van der Waals surface area contributed by atoms with Gasteiger partial charge >= 0.3 is 0 Å². The van der Waals surface area contributed by atoms with Crippen LogP contribution in [0.3, 0.4) is 0 Å². The first-order valence-electron chi connectivity index (χ1n) is 5.76. The Morgan fingerprint density at radius 3 is 2.25 bits per heavy atom. The molecular formula is C13H21N3. The van der Waals surface area contributed by atoms with E-state index >= 15 is 0 Å². The van der Waals surface area contributed by atoms with Gasteiger partial charge in [-0.3, -0.25) is 4.99 Å². The lowest BCUT2D eigenvalue weighted by Gasteiger charge is -2.18. The molecule has 2 N–H and O–H groups in total. The fraction of sp³-hybridized carbons (Fsp3) is 0.462. The van der Waals surface area contributed by atoms with Crippen LogP contribution < -0.4 is 5.73 Å². The van der Waals surface area contributed by atoms with Gasteiger partial charge in [0, 0.05) is 20.1 Å². The second-order valence-electron chi connectivity index (χ2n) is 3.86. The zero-order valence-corrected chi connectivity index (χ0v) is 10.4. The maximum Gasteiger partial charge on any atom is 0.191 e. The van der Waals surface area contributed by atoms with Gasteiger partial charge in [-0.2, -0.15) is 0 Å². The second kappa shape index (κ2) is 6.16. The molecule has 0 aliphatic rings. The SMILES string of the molecule is CCN=C(N)N(C)Cc1ccc(CC)cc1. The Bertz CT molecular complexity index is 341. The lowest BCUT2D eigenvalue weighted by atomic mass is 10.1. The lowest BCUT2D eigenvalue weighted by molar-refractivity contribution is 0.492. The van der Waals surface area contributed by atoms with E-state index in [1.165, 1.54) is 11.1 Å². The number of guanidine groups is 1. The van der Waals surface area contributed by atoms with E-state index in [1.54, 1.807) is 0 Å². The maximum absolute atomic E-state index is 5.81. The average molecular weight is 219 g/mol. The fourth-order valence-corrected chi connectivity index (χ4v) is 1.52. The summed E-state index contributed by atoms with van der Waals surface area (Å²) in [5, 5.41) is 0. The van der Waals surface area contributed by atoms with E-state index in [9.17, 15) is 0 Å². The first-order valence-corrected chi connectivity index (χ1v) is 5.76. The van der Waals surface area contributed by atoms with Crippen molar-refractivity contribution in [2.24, 2.45) is 10.7 Å². The van der Waals surface area contributed by atoms with Crippen LogP contribution in [-0.4, -0.2) is 24.5 Å². The van der Waals surface area contributed by atoms with E-state index in [2.05, 4.69) is 36.2 Å². The minimum atomic E-state index is 0.599. The van der Waals surface area contributed by atoms with Gasteiger partial charge in [-0.1, -0.05) is 31.2 Å². The zero-order valence-electron chi connectivity index (χ0n) is 10.4. The Kier molecular flexibility index (Phi) is 4.83. The fourth-order valence-electron chi connectivity index (χ4n) is 1.52. The van der Waals surface area contributed by atoms with Crippen LogP contribution in [0.15, 0.2) is 29.3 Å². The molecule has 0 bridgehead atoms. The Morgan fingerprint density at radius 2 is 1.75 bits per heavy atom. The van der Waals surface area contributed by atoms with Gasteiger partial charge in [-0.25, -0.2) is 0 Å². The van der Waals surface area contributed by atoms with Crippen molar-refractivity contribution in [3.8, 4) is 0 Å². The largest absolute Gasteiger partial charge is 0.370 e. The van der Waals surface area contributed by atoms with Crippen molar-refractivity contribution in [1.82, 2.24) is 4.90 Å². The molecule has 3 nitrogen and oxygen atoms in total.